The summed E-state index contributed by atoms with van der Waals surface area (Å²) in [6, 6.07) is 8.55. The van der Waals surface area contributed by atoms with Crippen molar-refractivity contribution in [2.75, 3.05) is 7.11 Å². The molecular formula is C18H17F3N2O2. The van der Waals surface area contributed by atoms with Gasteiger partial charge in [0.1, 0.15) is 0 Å². The topological polar surface area (TPSA) is 51.2 Å². The second kappa shape index (κ2) is 6.74. The summed E-state index contributed by atoms with van der Waals surface area (Å²) in [7, 11) is 1.53. The van der Waals surface area contributed by atoms with E-state index in [1.165, 1.54) is 19.2 Å². The van der Waals surface area contributed by atoms with Crippen LogP contribution in [-0.4, -0.2) is 18.0 Å². The number of pyridine rings is 1. The SMILES string of the molecule is COc1ccc(CNC(=O)C2CC2c2ccc(C(F)(F)F)cc2)cn1. The van der Waals surface area contributed by atoms with E-state index in [1.807, 2.05) is 6.07 Å². The summed E-state index contributed by atoms with van der Waals surface area (Å²) in [5.74, 6) is 0.194. The van der Waals surface area contributed by atoms with Crippen LogP contribution in [-0.2, 0) is 17.5 Å². The van der Waals surface area contributed by atoms with Crippen LogP contribution in [0.4, 0.5) is 13.2 Å². The van der Waals surface area contributed by atoms with Crippen molar-refractivity contribution in [3.8, 4) is 5.88 Å². The lowest BCUT2D eigenvalue weighted by molar-refractivity contribution is -0.137. The Kier molecular flexibility index (Phi) is 4.65. The van der Waals surface area contributed by atoms with Crippen molar-refractivity contribution >= 4 is 5.91 Å². The number of amides is 1. The van der Waals surface area contributed by atoms with Gasteiger partial charge in [0, 0.05) is 24.7 Å². The maximum atomic E-state index is 12.6. The fourth-order valence-corrected chi connectivity index (χ4v) is 2.73. The first kappa shape index (κ1) is 17.3. The van der Waals surface area contributed by atoms with Crippen LogP contribution in [0.1, 0.15) is 29.0 Å². The minimum atomic E-state index is -4.34. The van der Waals surface area contributed by atoms with Gasteiger partial charge in [-0.3, -0.25) is 4.79 Å². The monoisotopic (exact) mass is 350 g/mol. The Hall–Kier alpha value is -2.57. The first-order valence-electron chi connectivity index (χ1n) is 7.82. The zero-order chi connectivity index (χ0) is 18.0. The van der Waals surface area contributed by atoms with Crippen LogP contribution in [0.15, 0.2) is 42.6 Å². The van der Waals surface area contributed by atoms with Gasteiger partial charge in [0.2, 0.25) is 11.8 Å². The number of rotatable bonds is 5. The van der Waals surface area contributed by atoms with Crippen molar-refractivity contribution in [2.45, 2.75) is 25.1 Å². The summed E-state index contributed by atoms with van der Waals surface area (Å²) >= 11 is 0. The van der Waals surface area contributed by atoms with Crippen LogP contribution in [0.5, 0.6) is 5.88 Å². The maximum Gasteiger partial charge on any atom is 0.416 e. The number of ether oxygens (including phenoxy) is 1. The minimum absolute atomic E-state index is 0.0173. The average Bonchev–Trinajstić information content (AvgIpc) is 3.40. The lowest BCUT2D eigenvalue weighted by Crippen LogP contribution is -2.24. The average molecular weight is 350 g/mol. The van der Waals surface area contributed by atoms with Gasteiger partial charge in [-0.25, -0.2) is 4.98 Å². The third-order valence-electron chi connectivity index (χ3n) is 4.27. The minimum Gasteiger partial charge on any atom is -0.481 e. The zero-order valence-electron chi connectivity index (χ0n) is 13.5. The van der Waals surface area contributed by atoms with Crippen LogP contribution in [0, 0.1) is 5.92 Å². The fraction of sp³-hybridized carbons (Fsp3) is 0.333. The van der Waals surface area contributed by atoms with Crippen molar-refractivity contribution in [2.24, 2.45) is 5.92 Å². The van der Waals surface area contributed by atoms with Gasteiger partial charge in [-0.1, -0.05) is 18.2 Å². The van der Waals surface area contributed by atoms with E-state index >= 15 is 0 Å². The molecule has 0 spiro atoms. The molecule has 0 bridgehead atoms. The number of hydrogen-bond donors (Lipinski definition) is 1. The van der Waals surface area contributed by atoms with E-state index in [0.29, 0.717) is 18.8 Å². The second-order valence-corrected chi connectivity index (χ2v) is 6.00. The third kappa shape index (κ3) is 4.10. The Bertz CT molecular complexity index is 742. The molecule has 1 aromatic heterocycles. The number of carbonyl (C=O) groups is 1. The summed E-state index contributed by atoms with van der Waals surface area (Å²) in [4.78, 5) is 16.2. The van der Waals surface area contributed by atoms with Crippen molar-refractivity contribution in [1.82, 2.24) is 10.3 Å². The van der Waals surface area contributed by atoms with Crippen LogP contribution >= 0.6 is 0 Å². The van der Waals surface area contributed by atoms with Gasteiger partial charge >= 0.3 is 6.18 Å². The molecule has 2 atom stereocenters. The van der Waals surface area contributed by atoms with E-state index in [4.69, 9.17) is 4.74 Å². The molecule has 1 amide bonds. The Balaban J connectivity index is 1.53. The highest BCUT2D eigenvalue weighted by atomic mass is 19.4. The zero-order valence-corrected chi connectivity index (χ0v) is 13.5. The van der Waals surface area contributed by atoms with Gasteiger partial charge in [-0.15, -0.1) is 0 Å². The Labute approximate surface area is 143 Å². The number of halogens is 3. The molecule has 1 aromatic carbocycles. The number of alkyl halides is 3. The second-order valence-electron chi connectivity index (χ2n) is 6.00. The normalized spacial score (nSPS) is 19.4. The highest BCUT2D eigenvalue weighted by Crippen LogP contribution is 2.48. The first-order valence-corrected chi connectivity index (χ1v) is 7.82. The molecule has 2 aromatic rings. The molecule has 7 heteroatoms. The van der Waals surface area contributed by atoms with Gasteiger partial charge in [0.05, 0.1) is 12.7 Å². The maximum absolute atomic E-state index is 12.6. The van der Waals surface area contributed by atoms with E-state index in [-0.39, 0.29) is 17.7 Å². The molecular weight excluding hydrogens is 333 g/mol. The van der Waals surface area contributed by atoms with Gasteiger partial charge in [0.15, 0.2) is 0 Å². The van der Waals surface area contributed by atoms with Crippen LogP contribution < -0.4 is 10.1 Å². The van der Waals surface area contributed by atoms with Gasteiger partial charge in [-0.2, -0.15) is 13.2 Å². The fourth-order valence-electron chi connectivity index (χ4n) is 2.73. The van der Waals surface area contributed by atoms with Crippen molar-refractivity contribution in [1.29, 1.82) is 0 Å². The standard InChI is InChI=1S/C18H17F3N2O2/c1-25-16-7-2-11(9-22-16)10-23-17(24)15-8-14(15)12-3-5-13(6-4-12)18(19,20)21/h2-7,9,14-15H,8,10H2,1H3,(H,23,24). The molecule has 132 valence electrons. The number of methoxy groups -OCH3 is 1. The number of nitrogens with one attached hydrogen (secondary N) is 1. The van der Waals surface area contributed by atoms with E-state index in [0.717, 1.165) is 23.3 Å². The third-order valence-corrected chi connectivity index (χ3v) is 4.27. The molecule has 1 heterocycles. The predicted molar refractivity (Wildman–Crippen MR) is 84.9 cm³/mol. The van der Waals surface area contributed by atoms with Gasteiger partial charge < -0.3 is 10.1 Å². The molecule has 1 aliphatic carbocycles. The molecule has 1 fully saturated rings. The highest BCUT2D eigenvalue weighted by molar-refractivity contribution is 5.82. The molecule has 4 nitrogen and oxygen atoms in total. The lowest BCUT2D eigenvalue weighted by Gasteiger charge is -2.08. The molecule has 1 aliphatic rings. The number of benzene rings is 1. The highest BCUT2D eigenvalue weighted by Gasteiger charge is 2.44. The molecule has 3 rings (SSSR count). The first-order chi connectivity index (χ1) is 11.9. The number of aromatic nitrogens is 1. The van der Waals surface area contributed by atoms with E-state index in [1.54, 1.807) is 12.3 Å². The molecule has 0 aliphatic heterocycles. The molecule has 0 radical (unpaired) electrons. The quantitative estimate of drug-likeness (QED) is 0.898. The van der Waals surface area contributed by atoms with Crippen molar-refractivity contribution < 1.29 is 22.7 Å². The summed E-state index contributed by atoms with van der Waals surface area (Å²) < 4.78 is 42.7. The summed E-state index contributed by atoms with van der Waals surface area (Å²) in [6.07, 6.45) is -2.07. The van der Waals surface area contributed by atoms with Gasteiger partial charge in [-0.05, 0) is 35.6 Å². The smallest absolute Gasteiger partial charge is 0.416 e. The Morgan fingerprint density at radius 2 is 1.96 bits per heavy atom. The van der Waals surface area contributed by atoms with E-state index in [9.17, 15) is 18.0 Å². The largest absolute Gasteiger partial charge is 0.481 e. The molecule has 25 heavy (non-hydrogen) atoms. The van der Waals surface area contributed by atoms with E-state index < -0.39 is 11.7 Å². The van der Waals surface area contributed by atoms with Crippen LogP contribution in [0.3, 0.4) is 0 Å². The lowest BCUT2D eigenvalue weighted by atomic mass is 10.1. The number of nitrogens with zero attached hydrogens (tertiary/aromatic N) is 1. The van der Waals surface area contributed by atoms with Gasteiger partial charge in [0.25, 0.3) is 0 Å². The predicted octanol–water partition coefficient (Wildman–Crippen LogP) is 3.53. The molecule has 1 N–H and O–H groups in total. The molecule has 0 saturated heterocycles. The molecule has 1 saturated carbocycles. The number of carbonyl (C=O) groups excluding carboxylic acids is 1. The van der Waals surface area contributed by atoms with E-state index in [2.05, 4.69) is 10.3 Å². The van der Waals surface area contributed by atoms with Crippen molar-refractivity contribution in [3.63, 3.8) is 0 Å². The summed E-state index contributed by atoms with van der Waals surface area (Å²) in [5, 5.41) is 2.83. The Morgan fingerprint density at radius 3 is 2.52 bits per heavy atom. The van der Waals surface area contributed by atoms with Crippen LogP contribution in [0.2, 0.25) is 0 Å². The summed E-state index contributed by atoms with van der Waals surface area (Å²) in [5.41, 5.74) is 0.935. The Morgan fingerprint density at radius 1 is 1.24 bits per heavy atom. The summed E-state index contributed by atoms with van der Waals surface area (Å²) in [6.45, 7) is 0.353. The van der Waals surface area contributed by atoms with Crippen molar-refractivity contribution in [3.05, 3.63) is 59.3 Å². The van der Waals surface area contributed by atoms with Crippen LogP contribution in [0.25, 0.3) is 0 Å². The number of hydrogen-bond acceptors (Lipinski definition) is 3. The molecule has 2 unspecified atom stereocenters.